The molecular formula is C12H8ClFN2. The predicted octanol–water partition coefficient (Wildman–Crippen LogP) is 3.03. The van der Waals surface area contributed by atoms with Gasteiger partial charge < -0.3 is 0 Å². The molecule has 80 valence electrons. The minimum Gasteiger partial charge on any atom is -0.236 e. The molecule has 1 aromatic heterocycles. The lowest BCUT2D eigenvalue weighted by Gasteiger charge is -2.18. The highest BCUT2D eigenvalue weighted by molar-refractivity contribution is 6.30. The first-order valence-corrected chi connectivity index (χ1v) is 5.41. The van der Waals surface area contributed by atoms with Crippen LogP contribution in [0.2, 0.25) is 5.15 Å². The van der Waals surface area contributed by atoms with E-state index in [9.17, 15) is 4.39 Å². The van der Waals surface area contributed by atoms with Crippen LogP contribution < -0.4 is 0 Å². The van der Waals surface area contributed by atoms with Gasteiger partial charge in [0.2, 0.25) is 0 Å². The Bertz CT molecular complexity index is 569. The molecule has 0 bridgehead atoms. The third-order valence-electron chi connectivity index (χ3n) is 2.86. The molecular weight excluding hydrogens is 227 g/mol. The monoisotopic (exact) mass is 234 g/mol. The summed E-state index contributed by atoms with van der Waals surface area (Å²) in [5.74, 6) is -0.249. The molecule has 1 aliphatic rings. The van der Waals surface area contributed by atoms with E-state index in [0.717, 1.165) is 35.2 Å². The van der Waals surface area contributed by atoms with E-state index in [1.54, 1.807) is 0 Å². The first-order chi connectivity index (χ1) is 7.75. The Morgan fingerprint density at radius 2 is 2.06 bits per heavy atom. The van der Waals surface area contributed by atoms with Gasteiger partial charge in [0, 0.05) is 11.1 Å². The number of aromatic nitrogens is 2. The Kier molecular flexibility index (Phi) is 2.14. The molecule has 0 radical (unpaired) electrons. The van der Waals surface area contributed by atoms with Crippen LogP contribution in [0, 0.1) is 5.82 Å². The normalized spacial score (nSPS) is 13.1. The molecule has 0 N–H and O–H groups in total. The van der Waals surface area contributed by atoms with E-state index in [2.05, 4.69) is 9.97 Å². The fraction of sp³-hybridized carbons (Fsp3) is 0.167. The topological polar surface area (TPSA) is 25.8 Å². The first-order valence-electron chi connectivity index (χ1n) is 5.04. The Balaban J connectivity index is 2.30. The van der Waals surface area contributed by atoms with E-state index >= 15 is 0 Å². The molecule has 2 nitrogen and oxygen atoms in total. The summed E-state index contributed by atoms with van der Waals surface area (Å²) in [6.07, 6.45) is 3.09. The summed E-state index contributed by atoms with van der Waals surface area (Å²) >= 11 is 6.00. The second kappa shape index (κ2) is 3.52. The SMILES string of the molecule is Fc1ccc2c(c1)-c1ncnc(Cl)c1CC2. The number of rotatable bonds is 0. The molecule has 0 spiro atoms. The standard InChI is InChI=1S/C12H8ClFN2/c13-12-9-4-2-7-1-3-8(14)5-10(7)11(9)15-6-16-12/h1,3,5-6H,2,4H2. The Hall–Kier alpha value is -1.48. The summed E-state index contributed by atoms with van der Waals surface area (Å²) in [6.45, 7) is 0. The lowest BCUT2D eigenvalue weighted by Crippen LogP contribution is -2.07. The molecule has 3 rings (SSSR count). The summed E-state index contributed by atoms with van der Waals surface area (Å²) in [5, 5.41) is 0.472. The summed E-state index contributed by atoms with van der Waals surface area (Å²) < 4.78 is 13.2. The van der Waals surface area contributed by atoms with Crippen molar-refractivity contribution in [2.24, 2.45) is 0 Å². The summed E-state index contributed by atoms with van der Waals surface area (Å²) in [5.41, 5.74) is 3.64. The molecule has 0 fully saturated rings. The van der Waals surface area contributed by atoms with Gasteiger partial charge >= 0.3 is 0 Å². The fourth-order valence-corrected chi connectivity index (χ4v) is 2.32. The number of fused-ring (bicyclic) bond motifs is 3. The highest BCUT2D eigenvalue weighted by Gasteiger charge is 2.20. The highest BCUT2D eigenvalue weighted by atomic mass is 35.5. The largest absolute Gasteiger partial charge is 0.236 e. The smallest absolute Gasteiger partial charge is 0.136 e. The van der Waals surface area contributed by atoms with Crippen molar-refractivity contribution in [1.29, 1.82) is 0 Å². The van der Waals surface area contributed by atoms with Crippen molar-refractivity contribution in [3.8, 4) is 11.3 Å². The molecule has 0 aliphatic heterocycles. The van der Waals surface area contributed by atoms with Gasteiger partial charge in [-0.25, -0.2) is 14.4 Å². The maximum absolute atomic E-state index is 13.2. The highest BCUT2D eigenvalue weighted by Crippen LogP contribution is 2.34. The maximum Gasteiger partial charge on any atom is 0.136 e. The maximum atomic E-state index is 13.2. The lowest BCUT2D eigenvalue weighted by molar-refractivity contribution is 0.627. The van der Waals surface area contributed by atoms with Crippen LogP contribution in [0.3, 0.4) is 0 Å². The third-order valence-corrected chi connectivity index (χ3v) is 3.19. The molecule has 4 heteroatoms. The summed E-state index contributed by atoms with van der Waals surface area (Å²) in [6, 6.07) is 4.80. The fourth-order valence-electron chi connectivity index (χ4n) is 2.09. The Morgan fingerprint density at radius 1 is 1.19 bits per heavy atom. The van der Waals surface area contributed by atoms with Gasteiger partial charge in [-0.2, -0.15) is 0 Å². The number of nitrogens with zero attached hydrogens (tertiary/aromatic N) is 2. The van der Waals surface area contributed by atoms with Crippen LogP contribution >= 0.6 is 11.6 Å². The number of hydrogen-bond acceptors (Lipinski definition) is 2. The van der Waals surface area contributed by atoms with Crippen molar-refractivity contribution in [3.05, 3.63) is 46.6 Å². The zero-order valence-corrected chi connectivity index (χ0v) is 9.13. The average molecular weight is 235 g/mol. The van der Waals surface area contributed by atoms with Crippen molar-refractivity contribution < 1.29 is 4.39 Å². The summed E-state index contributed by atoms with van der Waals surface area (Å²) in [7, 11) is 0. The zero-order chi connectivity index (χ0) is 11.1. The molecule has 16 heavy (non-hydrogen) atoms. The van der Waals surface area contributed by atoms with Crippen LogP contribution in [-0.4, -0.2) is 9.97 Å². The molecule has 1 aliphatic carbocycles. The lowest BCUT2D eigenvalue weighted by atomic mass is 9.90. The molecule has 0 unspecified atom stereocenters. The van der Waals surface area contributed by atoms with Gasteiger partial charge in [-0.05, 0) is 30.5 Å². The van der Waals surface area contributed by atoms with Gasteiger partial charge in [0.15, 0.2) is 0 Å². The molecule has 0 atom stereocenters. The molecule has 0 amide bonds. The first kappa shape index (κ1) is 9.73. The van der Waals surface area contributed by atoms with E-state index in [1.165, 1.54) is 18.5 Å². The van der Waals surface area contributed by atoms with Crippen molar-refractivity contribution in [2.75, 3.05) is 0 Å². The Labute approximate surface area is 97.1 Å². The van der Waals surface area contributed by atoms with Crippen molar-refractivity contribution in [3.63, 3.8) is 0 Å². The van der Waals surface area contributed by atoms with Gasteiger partial charge in [0.1, 0.15) is 17.3 Å². The number of aryl methyl sites for hydroxylation is 1. The van der Waals surface area contributed by atoms with Crippen LogP contribution in [-0.2, 0) is 12.8 Å². The van der Waals surface area contributed by atoms with Gasteiger partial charge in [0.05, 0.1) is 5.69 Å². The number of benzene rings is 1. The van der Waals surface area contributed by atoms with Crippen molar-refractivity contribution in [2.45, 2.75) is 12.8 Å². The molecule has 2 aromatic rings. The van der Waals surface area contributed by atoms with E-state index in [1.807, 2.05) is 6.07 Å². The van der Waals surface area contributed by atoms with E-state index in [4.69, 9.17) is 11.6 Å². The van der Waals surface area contributed by atoms with Crippen molar-refractivity contribution >= 4 is 11.6 Å². The Morgan fingerprint density at radius 3 is 2.94 bits per heavy atom. The van der Waals surface area contributed by atoms with E-state index in [0.29, 0.717) is 5.15 Å². The second-order valence-corrected chi connectivity index (χ2v) is 4.15. The van der Waals surface area contributed by atoms with Crippen LogP contribution in [0.1, 0.15) is 11.1 Å². The molecule has 1 aromatic carbocycles. The average Bonchev–Trinajstić information content (AvgIpc) is 2.29. The van der Waals surface area contributed by atoms with Crippen LogP contribution in [0.4, 0.5) is 4.39 Å². The van der Waals surface area contributed by atoms with E-state index in [-0.39, 0.29) is 5.82 Å². The zero-order valence-electron chi connectivity index (χ0n) is 8.37. The van der Waals surface area contributed by atoms with Crippen LogP contribution in [0.15, 0.2) is 24.5 Å². The van der Waals surface area contributed by atoms with Gasteiger partial charge in [0.25, 0.3) is 0 Å². The number of halogens is 2. The van der Waals surface area contributed by atoms with Gasteiger partial charge in [-0.1, -0.05) is 17.7 Å². The minimum absolute atomic E-state index is 0.249. The quantitative estimate of drug-likeness (QED) is 0.655. The minimum atomic E-state index is -0.249. The van der Waals surface area contributed by atoms with Crippen LogP contribution in [0.25, 0.3) is 11.3 Å². The van der Waals surface area contributed by atoms with Gasteiger partial charge in [-0.3, -0.25) is 0 Å². The molecule has 0 saturated carbocycles. The predicted molar refractivity (Wildman–Crippen MR) is 59.8 cm³/mol. The molecule has 1 heterocycles. The van der Waals surface area contributed by atoms with Gasteiger partial charge in [-0.15, -0.1) is 0 Å². The van der Waals surface area contributed by atoms with E-state index < -0.39 is 0 Å². The third kappa shape index (κ3) is 1.39. The van der Waals surface area contributed by atoms with Crippen molar-refractivity contribution in [1.82, 2.24) is 9.97 Å². The molecule has 0 saturated heterocycles. The van der Waals surface area contributed by atoms with Crippen LogP contribution in [0.5, 0.6) is 0 Å². The second-order valence-electron chi connectivity index (χ2n) is 3.79. The summed E-state index contributed by atoms with van der Waals surface area (Å²) in [4.78, 5) is 8.15. The number of hydrogen-bond donors (Lipinski definition) is 0.